The van der Waals surface area contributed by atoms with E-state index in [0.717, 1.165) is 16.3 Å². The zero-order valence-electron chi connectivity index (χ0n) is 33.8. The lowest BCUT2D eigenvalue weighted by Gasteiger charge is -2.46. The molecule has 9 heteroatoms. The van der Waals surface area contributed by atoms with E-state index in [0.29, 0.717) is 22.3 Å². The van der Waals surface area contributed by atoms with E-state index in [9.17, 15) is 17.6 Å². The van der Waals surface area contributed by atoms with Crippen LogP contribution in [0.25, 0.3) is 10.8 Å². The second kappa shape index (κ2) is 16.5. The number of hydrogen-bond donors (Lipinski definition) is 0. The van der Waals surface area contributed by atoms with Gasteiger partial charge in [-0.3, -0.25) is 0 Å². The van der Waals surface area contributed by atoms with Gasteiger partial charge in [-0.15, -0.1) is 6.58 Å². The van der Waals surface area contributed by atoms with Gasteiger partial charge in [0.25, 0.3) is 0 Å². The first-order valence-corrected chi connectivity index (χ1v) is 22.1. The molecule has 0 spiro atoms. The zero-order chi connectivity index (χ0) is 41.4. The first kappa shape index (κ1) is 41.4. The molecule has 0 radical (unpaired) electrons. The van der Waals surface area contributed by atoms with Gasteiger partial charge < -0.3 is 13.7 Å². The Hall–Kier alpha value is -4.80. The molecule has 7 rings (SSSR count). The molecule has 0 unspecified atom stereocenters. The van der Waals surface area contributed by atoms with Crippen LogP contribution in [0.2, 0.25) is 22.4 Å². The minimum Gasteiger partial charge on any atom is -0.409 e. The van der Waals surface area contributed by atoms with E-state index in [1.807, 2.05) is 12.1 Å². The molecule has 3 nitrogen and oxygen atoms in total. The van der Waals surface area contributed by atoms with E-state index >= 15 is 0 Å². The van der Waals surface area contributed by atoms with E-state index in [2.05, 4.69) is 78.5 Å². The highest BCUT2D eigenvalue weighted by atomic mass is 28.4. The summed E-state index contributed by atoms with van der Waals surface area (Å²) in [5.41, 5.74) is 0.0553. The maximum Gasteiger partial charge on any atom is 0.469 e. The number of hydrogen-bond acceptors (Lipinski definition) is 3. The van der Waals surface area contributed by atoms with Gasteiger partial charge in [0.1, 0.15) is 34.5 Å². The van der Waals surface area contributed by atoms with Crippen LogP contribution < -0.4 is 0 Å². The monoisotopic (exact) mass is 800 g/mol. The Morgan fingerprint density at radius 2 is 0.897 bits per heavy atom. The van der Waals surface area contributed by atoms with Crippen molar-refractivity contribution in [2.24, 2.45) is 0 Å². The summed E-state index contributed by atoms with van der Waals surface area (Å²) in [7, 11) is -3.79. The highest BCUT2D eigenvalue weighted by Crippen LogP contribution is 2.62. The van der Waals surface area contributed by atoms with Crippen molar-refractivity contribution in [3.8, 4) is 0 Å². The van der Waals surface area contributed by atoms with Crippen molar-refractivity contribution in [1.82, 2.24) is 0 Å². The van der Waals surface area contributed by atoms with Crippen molar-refractivity contribution in [3.63, 3.8) is 0 Å². The molecule has 1 aliphatic rings. The maximum absolute atomic E-state index is 14.9. The van der Waals surface area contributed by atoms with Gasteiger partial charge in [0.2, 0.25) is 8.32 Å². The van der Waals surface area contributed by atoms with Crippen molar-refractivity contribution in [2.45, 2.75) is 81.3 Å². The van der Waals surface area contributed by atoms with Crippen LogP contribution in [-0.2, 0) is 24.9 Å². The Morgan fingerprint density at radius 1 is 0.534 bits per heavy atom. The Balaban J connectivity index is 1.55. The van der Waals surface area contributed by atoms with Gasteiger partial charge in [0.05, 0.1) is 6.10 Å². The van der Waals surface area contributed by atoms with Crippen LogP contribution in [0.15, 0.2) is 152 Å². The number of halogens is 4. The summed E-state index contributed by atoms with van der Waals surface area (Å²) in [5, 5.41) is 2.11. The van der Waals surface area contributed by atoms with Crippen molar-refractivity contribution < 1.29 is 31.3 Å². The lowest BCUT2D eigenvalue weighted by Crippen LogP contribution is -2.49. The van der Waals surface area contributed by atoms with Crippen LogP contribution in [0.4, 0.5) is 17.6 Å². The SMILES string of the molecule is C=C[C@@H](B1OC(c2ccc(F)cc2)(c2ccc(F)cc2)C(c2ccc(F)cc2)(c2ccc(F)cc2)O1)[C@@H](O[Si](C(C)C)(C(C)C)C(C)C)c1ccc2ccccc2c1. The van der Waals surface area contributed by atoms with Crippen molar-refractivity contribution in [2.75, 3.05) is 0 Å². The molecule has 0 aliphatic carbocycles. The average Bonchev–Trinajstić information content (AvgIpc) is 3.57. The standard InChI is InChI=1S/C49H49BF4O3Si/c1-8-46(47(55-58(32(2)3,33(4)5)34(6)7)37-14-13-35-11-9-10-12-36(35)31-37)50-56-48(38-15-23-42(51)24-16-38,39-17-25-43(52)26-18-39)49(57-50,40-19-27-44(53)28-20-40)41-21-29-45(54)30-22-41/h8-34,46-47H,1H2,2-7H3/t46-,47+/m1/s1. The van der Waals surface area contributed by atoms with E-state index in [1.165, 1.54) is 48.5 Å². The first-order chi connectivity index (χ1) is 27.8. The molecular weight excluding hydrogens is 751 g/mol. The van der Waals surface area contributed by atoms with Crippen LogP contribution in [0.5, 0.6) is 0 Å². The van der Waals surface area contributed by atoms with Gasteiger partial charge in [-0.2, -0.15) is 0 Å². The number of benzene rings is 6. The second-order valence-corrected chi connectivity index (χ2v) is 21.7. The minimum absolute atomic E-state index is 0.223. The third kappa shape index (κ3) is 7.06. The third-order valence-corrected chi connectivity index (χ3v) is 18.2. The predicted octanol–water partition coefficient (Wildman–Crippen LogP) is 13.6. The quantitative estimate of drug-likeness (QED) is 0.0661. The van der Waals surface area contributed by atoms with Crippen LogP contribution in [0, 0.1) is 23.3 Å². The van der Waals surface area contributed by atoms with E-state index in [-0.39, 0.29) is 16.6 Å². The van der Waals surface area contributed by atoms with Gasteiger partial charge in [-0.25, -0.2) is 17.6 Å². The Labute approximate surface area is 341 Å². The van der Waals surface area contributed by atoms with Crippen LogP contribution >= 0.6 is 0 Å². The summed E-state index contributed by atoms with van der Waals surface area (Å²) >= 11 is 0. The van der Waals surface area contributed by atoms with Crippen LogP contribution in [-0.4, -0.2) is 15.4 Å². The second-order valence-electron chi connectivity index (χ2n) is 16.3. The molecule has 1 aliphatic heterocycles. The molecule has 1 heterocycles. The summed E-state index contributed by atoms with van der Waals surface area (Å²) < 4.78 is 82.3. The fourth-order valence-corrected chi connectivity index (χ4v) is 15.2. The van der Waals surface area contributed by atoms with Crippen molar-refractivity contribution in [3.05, 3.63) is 203 Å². The number of rotatable bonds is 13. The summed E-state index contributed by atoms with van der Waals surface area (Å²) in [4.78, 5) is 0. The molecule has 0 saturated carbocycles. The van der Waals surface area contributed by atoms with E-state index < -0.39 is 61.8 Å². The Kier molecular flexibility index (Phi) is 11.7. The van der Waals surface area contributed by atoms with Crippen molar-refractivity contribution in [1.29, 1.82) is 0 Å². The van der Waals surface area contributed by atoms with Crippen LogP contribution in [0.3, 0.4) is 0 Å². The van der Waals surface area contributed by atoms with E-state index in [1.54, 1.807) is 54.6 Å². The largest absolute Gasteiger partial charge is 0.469 e. The molecular formula is C49H49BF4O3Si. The fraction of sp³-hybridized carbons (Fsp3) is 0.265. The third-order valence-electron chi connectivity index (χ3n) is 12.2. The molecule has 58 heavy (non-hydrogen) atoms. The van der Waals surface area contributed by atoms with E-state index in [4.69, 9.17) is 13.7 Å². The normalized spacial score (nSPS) is 16.3. The van der Waals surface area contributed by atoms with Crippen molar-refractivity contribution >= 4 is 26.2 Å². The molecule has 1 saturated heterocycles. The van der Waals surface area contributed by atoms with Gasteiger partial charge in [-0.05, 0) is 110 Å². The molecule has 6 aromatic carbocycles. The molecule has 0 amide bonds. The molecule has 298 valence electrons. The summed E-state index contributed by atoms with van der Waals surface area (Å²) in [6.07, 6.45) is 1.17. The highest BCUT2D eigenvalue weighted by Gasteiger charge is 2.67. The Bertz CT molecular complexity index is 2130. The summed E-state index contributed by atoms with van der Waals surface area (Å²) in [5.74, 6) is -2.60. The van der Waals surface area contributed by atoms with Gasteiger partial charge in [-0.1, -0.05) is 133 Å². The Morgan fingerprint density at radius 3 is 1.24 bits per heavy atom. The summed E-state index contributed by atoms with van der Waals surface area (Å²) in [6.45, 7) is 17.8. The smallest absolute Gasteiger partial charge is 0.409 e. The van der Waals surface area contributed by atoms with Gasteiger partial charge in [0.15, 0.2) is 0 Å². The molecule has 2 atom stereocenters. The fourth-order valence-electron chi connectivity index (χ4n) is 9.61. The maximum atomic E-state index is 14.9. The highest BCUT2D eigenvalue weighted by molar-refractivity contribution is 6.77. The van der Waals surface area contributed by atoms with Crippen LogP contribution in [0.1, 0.15) is 75.5 Å². The molecule has 6 aromatic rings. The first-order valence-electron chi connectivity index (χ1n) is 20.0. The van der Waals surface area contributed by atoms with Gasteiger partial charge in [0, 0.05) is 5.82 Å². The minimum atomic E-state index is -2.65. The lowest BCUT2D eigenvalue weighted by atomic mass is 9.66. The molecule has 0 aromatic heterocycles. The zero-order valence-corrected chi connectivity index (χ0v) is 34.8. The predicted molar refractivity (Wildman–Crippen MR) is 228 cm³/mol. The lowest BCUT2D eigenvalue weighted by molar-refractivity contribution is 0.00351. The molecule has 0 bridgehead atoms. The molecule has 1 fully saturated rings. The topological polar surface area (TPSA) is 27.7 Å². The summed E-state index contributed by atoms with van der Waals surface area (Å²) in [6, 6.07) is 38.0. The average molecular weight is 801 g/mol. The van der Waals surface area contributed by atoms with Gasteiger partial charge >= 0.3 is 7.12 Å². The number of fused-ring (bicyclic) bond motifs is 1. The molecule has 0 N–H and O–H groups in total.